The van der Waals surface area contributed by atoms with Gasteiger partial charge < -0.3 is 10.1 Å². The van der Waals surface area contributed by atoms with Gasteiger partial charge in [0.15, 0.2) is 0 Å². The van der Waals surface area contributed by atoms with Gasteiger partial charge in [-0.25, -0.2) is 4.98 Å². The zero-order valence-corrected chi connectivity index (χ0v) is 14.1. The van der Waals surface area contributed by atoms with E-state index in [4.69, 9.17) is 4.74 Å². The van der Waals surface area contributed by atoms with Gasteiger partial charge in [-0.15, -0.1) is 0 Å². The van der Waals surface area contributed by atoms with Crippen molar-refractivity contribution >= 4 is 0 Å². The third kappa shape index (κ3) is 5.31. The highest BCUT2D eigenvalue weighted by Crippen LogP contribution is 2.39. The van der Waals surface area contributed by atoms with Crippen LogP contribution in [0.3, 0.4) is 0 Å². The number of ether oxygens (including phenoxy) is 1. The molecule has 0 amide bonds. The van der Waals surface area contributed by atoms with Crippen LogP contribution in [0, 0.1) is 11.3 Å². The fourth-order valence-corrected chi connectivity index (χ4v) is 3.43. The molecule has 3 heteroatoms. The molecule has 2 rings (SSSR count). The Kier molecular flexibility index (Phi) is 5.26. The Bertz CT molecular complexity index is 439. The van der Waals surface area contributed by atoms with Gasteiger partial charge in [0.2, 0.25) is 5.88 Å². The minimum atomic E-state index is 0.302. The van der Waals surface area contributed by atoms with Crippen molar-refractivity contribution in [1.82, 2.24) is 10.3 Å². The van der Waals surface area contributed by atoms with Gasteiger partial charge in [-0.1, -0.05) is 40.7 Å². The second kappa shape index (κ2) is 6.78. The maximum absolute atomic E-state index is 6.11. The lowest BCUT2D eigenvalue weighted by molar-refractivity contribution is 0.0532. The van der Waals surface area contributed by atoms with Crippen molar-refractivity contribution in [1.29, 1.82) is 0 Å². The Morgan fingerprint density at radius 3 is 2.67 bits per heavy atom. The van der Waals surface area contributed by atoms with Crippen LogP contribution in [0.5, 0.6) is 5.88 Å². The average molecular weight is 290 g/mol. The molecule has 0 aliphatic heterocycles. The first-order valence-corrected chi connectivity index (χ1v) is 8.19. The maximum Gasteiger partial charge on any atom is 0.213 e. The summed E-state index contributed by atoms with van der Waals surface area (Å²) in [5.41, 5.74) is 1.58. The van der Waals surface area contributed by atoms with Crippen molar-refractivity contribution in [2.24, 2.45) is 11.3 Å². The molecule has 0 saturated heterocycles. The summed E-state index contributed by atoms with van der Waals surface area (Å²) in [4.78, 5) is 4.46. The molecule has 1 saturated carbocycles. The number of aromatic nitrogens is 1. The quantitative estimate of drug-likeness (QED) is 0.883. The highest BCUT2D eigenvalue weighted by molar-refractivity contribution is 5.18. The van der Waals surface area contributed by atoms with Crippen LogP contribution in [0.2, 0.25) is 0 Å². The summed E-state index contributed by atoms with van der Waals surface area (Å²) in [6, 6.07) is 4.60. The molecule has 118 valence electrons. The predicted molar refractivity (Wildman–Crippen MR) is 87.4 cm³/mol. The predicted octanol–water partition coefficient (Wildman–Crippen LogP) is 4.17. The molecule has 0 aromatic carbocycles. The van der Waals surface area contributed by atoms with E-state index in [1.165, 1.54) is 12.0 Å². The third-order valence-electron chi connectivity index (χ3n) is 4.15. The summed E-state index contributed by atoms with van der Waals surface area (Å²) in [6.45, 7) is 12.2. The van der Waals surface area contributed by atoms with Gasteiger partial charge in [0.1, 0.15) is 6.10 Å². The summed E-state index contributed by atoms with van der Waals surface area (Å²) in [5, 5.41) is 3.40. The van der Waals surface area contributed by atoms with E-state index < -0.39 is 0 Å². The number of pyridine rings is 1. The fourth-order valence-electron chi connectivity index (χ4n) is 3.43. The van der Waals surface area contributed by atoms with E-state index in [-0.39, 0.29) is 0 Å². The molecule has 3 nitrogen and oxygen atoms in total. The smallest absolute Gasteiger partial charge is 0.213 e. The van der Waals surface area contributed by atoms with Crippen molar-refractivity contribution in [2.45, 2.75) is 72.6 Å². The number of nitrogens with one attached hydrogen (secondary N) is 1. The van der Waals surface area contributed by atoms with E-state index >= 15 is 0 Å². The molecule has 1 fully saturated rings. The van der Waals surface area contributed by atoms with E-state index in [1.807, 2.05) is 12.3 Å². The van der Waals surface area contributed by atoms with Gasteiger partial charge >= 0.3 is 0 Å². The minimum Gasteiger partial charge on any atom is -0.474 e. The lowest BCUT2D eigenvalue weighted by atomic mass is 9.71. The van der Waals surface area contributed by atoms with Gasteiger partial charge in [0.05, 0.1) is 0 Å². The van der Waals surface area contributed by atoms with E-state index in [1.54, 1.807) is 0 Å². The standard InChI is InChI=1S/C18H30N2O/c1-13(2)19-11-15-6-7-17(20-12-15)21-16-8-14(3)9-18(4,5)10-16/h6-7,12-14,16,19H,8-11H2,1-5H3. The van der Waals surface area contributed by atoms with Crippen molar-refractivity contribution in [3.05, 3.63) is 23.9 Å². The molecule has 1 heterocycles. The van der Waals surface area contributed by atoms with Crippen LogP contribution in [-0.2, 0) is 6.54 Å². The molecule has 0 spiro atoms. The van der Waals surface area contributed by atoms with E-state index in [2.05, 4.69) is 51.0 Å². The van der Waals surface area contributed by atoms with Crippen LogP contribution in [-0.4, -0.2) is 17.1 Å². The van der Waals surface area contributed by atoms with Gasteiger partial charge in [0, 0.05) is 24.8 Å². The van der Waals surface area contributed by atoms with Crippen LogP contribution in [0.4, 0.5) is 0 Å². The summed E-state index contributed by atoms with van der Waals surface area (Å²) in [6.07, 6.45) is 5.77. The third-order valence-corrected chi connectivity index (χ3v) is 4.15. The van der Waals surface area contributed by atoms with E-state index in [0.29, 0.717) is 17.6 Å². The van der Waals surface area contributed by atoms with Crippen LogP contribution < -0.4 is 10.1 Å². The molecule has 1 aromatic heterocycles. The SMILES string of the molecule is CC1CC(Oc2ccc(CNC(C)C)cn2)CC(C)(C)C1. The first kappa shape index (κ1) is 16.3. The lowest BCUT2D eigenvalue weighted by Gasteiger charge is -2.38. The Hall–Kier alpha value is -1.09. The fraction of sp³-hybridized carbons (Fsp3) is 0.722. The first-order chi connectivity index (χ1) is 9.84. The second-order valence-electron chi connectivity index (χ2n) is 7.69. The van der Waals surface area contributed by atoms with Crippen molar-refractivity contribution in [2.75, 3.05) is 0 Å². The largest absolute Gasteiger partial charge is 0.474 e. The molecular formula is C18H30N2O. The Balaban J connectivity index is 1.91. The highest BCUT2D eigenvalue weighted by Gasteiger charge is 2.33. The molecule has 1 N–H and O–H groups in total. The molecule has 1 aromatic rings. The Morgan fingerprint density at radius 2 is 2.10 bits per heavy atom. The maximum atomic E-state index is 6.11. The zero-order valence-electron chi connectivity index (χ0n) is 14.1. The topological polar surface area (TPSA) is 34.1 Å². The molecular weight excluding hydrogens is 260 g/mol. The van der Waals surface area contributed by atoms with Gasteiger partial charge in [-0.2, -0.15) is 0 Å². The minimum absolute atomic E-state index is 0.302. The monoisotopic (exact) mass is 290 g/mol. The van der Waals surface area contributed by atoms with Crippen molar-refractivity contribution in [3.63, 3.8) is 0 Å². The average Bonchev–Trinajstić information content (AvgIpc) is 2.35. The van der Waals surface area contributed by atoms with Gasteiger partial charge in [0.25, 0.3) is 0 Å². The lowest BCUT2D eigenvalue weighted by Crippen LogP contribution is -2.34. The molecule has 2 unspecified atom stereocenters. The Labute approximate surface area is 129 Å². The number of hydrogen-bond acceptors (Lipinski definition) is 3. The number of rotatable bonds is 5. The first-order valence-electron chi connectivity index (χ1n) is 8.19. The van der Waals surface area contributed by atoms with Gasteiger partial charge in [-0.05, 0) is 36.2 Å². The molecule has 1 aliphatic carbocycles. The summed E-state index contributed by atoms with van der Waals surface area (Å²) in [5.74, 6) is 1.49. The van der Waals surface area contributed by atoms with Crippen LogP contribution in [0.1, 0.15) is 59.4 Å². The number of nitrogens with zero attached hydrogens (tertiary/aromatic N) is 1. The summed E-state index contributed by atoms with van der Waals surface area (Å²) < 4.78 is 6.11. The highest BCUT2D eigenvalue weighted by atomic mass is 16.5. The normalized spacial score (nSPS) is 25.0. The van der Waals surface area contributed by atoms with Crippen LogP contribution in [0.25, 0.3) is 0 Å². The van der Waals surface area contributed by atoms with Crippen LogP contribution >= 0.6 is 0 Å². The second-order valence-corrected chi connectivity index (χ2v) is 7.69. The zero-order chi connectivity index (χ0) is 15.5. The summed E-state index contributed by atoms with van der Waals surface area (Å²) in [7, 11) is 0. The van der Waals surface area contributed by atoms with Crippen LogP contribution in [0.15, 0.2) is 18.3 Å². The van der Waals surface area contributed by atoms with E-state index in [0.717, 1.165) is 31.2 Å². The molecule has 0 radical (unpaired) electrons. The van der Waals surface area contributed by atoms with Crippen molar-refractivity contribution in [3.8, 4) is 5.88 Å². The summed E-state index contributed by atoms with van der Waals surface area (Å²) >= 11 is 0. The molecule has 21 heavy (non-hydrogen) atoms. The Morgan fingerprint density at radius 1 is 1.33 bits per heavy atom. The molecule has 2 atom stereocenters. The number of hydrogen-bond donors (Lipinski definition) is 1. The van der Waals surface area contributed by atoms with Gasteiger partial charge in [-0.3, -0.25) is 0 Å². The molecule has 1 aliphatic rings. The molecule has 0 bridgehead atoms. The van der Waals surface area contributed by atoms with E-state index in [9.17, 15) is 0 Å². The van der Waals surface area contributed by atoms with Crippen molar-refractivity contribution < 1.29 is 4.74 Å².